The fourth-order valence-corrected chi connectivity index (χ4v) is 3.10. The van der Waals surface area contributed by atoms with Gasteiger partial charge in [-0.1, -0.05) is 44.2 Å². The van der Waals surface area contributed by atoms with Crippen LogP contribution in [-0.4, -0.2) is 23.2 Å². The highest BCUT2D eigenvalue weighted by Gasteiger charge is 2.54. The van der Waals surface area contributed by atoms with Crippen molar-refractivity contribution in [1.29, 1.82) is 0 Å². The van der Waals surface area contributed by atoms with E-state index in [1.807, 2.05) is 51.1 Å². The number of hydrogen-bond acceptors (Lipinski definition) is 4. The quantitative estimate of drug-likeness (QED) is 0.659. The number of nitrogens with two attached hydrogens (primary N) is 1. The molecular formula is C22H28N2O4. The molecule has 0 bridgehead atoms. The molecule has 1 aliphatic heterocycles. The number of nitrogens with one attached hydrogen (secondary N) is 1. The summed E-state index contributed by atoms with van der Waals surface area (Å²) in [7, 11) is 0. The van der Waals surface area contributed by atoms with Crippen molar-refractivity contribution >= 4 is 11.9 Å². The second-order valence-electron chi connectivity index (χ2n) is 6.86. The molecule has 1 aliphatic rings. The van der Waals surface area contributed by atoms with Crippen LogP contribution in [0.3, 0.4) is 0 Å². The molecule has 2 aromatic carbocycles. The lowest BCUT2D eigenvalue weighted by Crippen LogP contribution is -2.69. The van der Waals surface area contributed by atoms with Crippen molar-refractivity contribution < 1.29 is 19.4 Å². The molecule has 1 fully saturated rings. The number of hydrogen-bond donors (Lipinski definition) is 3. The molecule has 150 valence electrons. The molecule has 6 heteroatoms. The molecule has 6 nitrogen and oxygen atoms in total. The lowest BCUT2D eigenvalue weighted by Gasteiger charge is -2.47. The van der Waals surface area contributed by atoms with E-state index >= 15 is 0 Å². The van der Waals surface area contributed by atoms with Crippen molar-refractivity contribution in [2.75, 3.05) is 0 Å². The van der Waals surface area contributed by atoms with Gasteiger partial charge in [0.05, 0.1) is 5.56 Å². The Hall–Kier alpha value is -2.86. The maximum atomic E-state index is 11.7. The van der Waals surface area contributed by atoms with E-state index in [2.05, 4.69) is 5.32 Å². The lowest BCUT2D eigenvalue weighted by molar-refractivity contribution is -0.161. The highest BCUT2D eigenvalue weighted by Crippen LogP contribution is 2.39. The van der Waals surface area contributed by atoms with Gasteiger partial charge in [0.15, 0.2) is 6.23 Å². The first-order valence-electron chi connectivity index (χ1n) is 9.45. The third-order valence-corrected chi connectivity index (χ3v) is 5.16. The Labute approximate surface area is 165 Å². The van der Waals surface area contributed by atoms with Gasteiger partial charge in [-0.05, 0) is 49.6 Å². The van der Waals surface area contributed by atoms with E-state index in [1.165, 1.54) is 17.7 Å². The molecule has 0 aromatic heterocycles. The van der Waals surface area contributed by atoms with Crippen LogP contribution in [0.2, 0.25) is 0 Å². The molecular weight excluding hydrogens is 356 g/mol. The van der Waals surface area contributed by atoms with Crippen molar-refractivity contribution in [2.45, 2.75) is 45.9 Å². The molecule has 1 saturated heterocycles. The Bertz CT molecular complexity index is 784. The molecule has 1 heterocycles. The molecule has 0 aliphatic carbocycles. The molecule has 3 rings (SSSR count). The summed E-state index contributed by atoms with van der Waals surface area (Å²) in [5, 5.41) is 11.6. The summed E-state index contributed by atoms with van der Waals surface area (Å²) in [4.78, 5) is 22.4. The van der Waals surface area contributed by atoms with Gasteiger partial charge in [-0.2, -0.15) is 0 Å². The second-order valence-corrected chi connectivity index (χ2v) is 6.86. The van der Waals surface area contributed by atoms with E-state index < -0.39 is 11.4 Å². The van der Waals surface area contributed by atoms with E-state index in [-0.39, 0.29) is 23.7 Å². The van der Waals surface area contributed by atoms with Gasteiger partial charge in [-0.3, -0.25) is 4.79 Å². The smallest absolute Gasteiger partial charge is 0.335 e. The Morgan fingerprint density at radius 1 is 1.14 bits per heavy atom. The number of benzene rings is 2. The standard InChI is InChI=1S/C14H17NO4.C8H11N/c1-3-14(4-2)12(18)15-13(14)19-10-7-5-9(6-8-10)11(16)17;1-7(9)8-5-3-2-4-6-8/h5-8,13H,3-4H2,1-2H3,(H,15,18)(H,16,17);2-7H,9H2,1H3/t13-;7-/m00/s1. The van der Waals surface area contributed by atoms with E-state index in [1.54, 1.807) is 12.1 Å². The molecule has 1 amide bonds. The summed E-state index contributed by atoms with van der Waals surface area (Å²) < 4.78 is 5.73. The molecule has 0 radical (unpaired) electrons. The summed E-state index contributed by atoms with van der Waals surface area (Å²) in [6.45, 7) is 5.91. The predicted molar refractivity (Wildman–Crippen MR) is 108 cm³/mol. The first-order valence-corrected chi connectivity index (χ1v) is 9.45. The van der Waals surface area contributed by atoms with Crippen LogP contribution in [0.1, 0.15) is 55.6 Å². The fraction of sp³-hybridized carbons (Fsp3) is 0.364. The highest BCUT2D eigenvalue weighted by molar-refractivity contribution is 5.89. The normalized spacial score (nSPS) is 18.0. The Kier molecular flexibility index (Phi) is 7.18. The number of carboxylic acids is 1. The number of β-lactam (4-membered cyclic amide) rings is 1. The van der Waals surface area contributed by atoms with Crippen molar-refractivity contribution in [3.8, 4) is 5.75 Å². The minimum absolute atomic E-state index is 0.0182. The number of rotatable bonds is 6. The summed E-state index contributed by atoms with van der Waals surface area (Å²) in [5.41, 5.74) is 6.55. The number of amides is 1. The molecule has 4 N–H and O–H groups in total. The number of aromatic carboxylic acids is 1. The third-order valence-electron chi connectivity index (χ3n) is 5.16. The van der Waals surface area contributed by atoms with Crippen molar-refractivity contribution in [2.24, 2.45) is 11.1 Å². The lowest BCUT2D eigenvalue weighted by atomic mass is 9.73. The van der Waals surface area contributed by atoms with Crippen molar-refractivity contribution in [1.82, 2.24) is 5.32 Å². The zero-order valence-corrected chi connectivity index (χ0v) is 16.5. The maximum absolute atomic E-state index is 11.7. The largest absolute Gasteiger partial charge is 0.478 e. The van der Waals surface area contributed by atoms with Gasteiger partial charge in [0.2, 0.25) is 5.91 Å². The van der Waals surface area contributed by atoms with Gasteiger partial charge in [-0.15, -0.1) is 0 Å². The molecule has 0 saturated carbocycles. The van der Waals surface area contributed by atoms with Gasteiger partial charge in [0.25, 0.3) is 0 Å². The number of carbonyl (C=O) groups is 2. The van der Waals surface area contributed by atoms with Gasteiger partial charge in [0, 0.05) is 6.04 Å². The van der Waals surface area contributed by atoms with E-state index in [0.29, 0.717) is 18.6 Å². The Morgan fingerprint density at radius 3 is 2.11 bits per heavy atom. The van der Waals surface area contributed by atoms with Crippen LogP contribution in [0.15, 0.2) is 54.6 Å². The van der Waals surface area contributed by atoms with Crippen LogP contribution in [0.4, 0.5) is 0 Å². The predicted octanol–water partition coefficient (Wildman–Crippen LogP) is 3.73. The summed E-state index contributed by atoms with van der Waals surface area (Å²) in [6, 6.07) is 16.4. The van der Waals surface area contributed by atoms with Crippen molar-refractivity contribution in [3.05, 3.63) is 65.7 Å². The van der Waals surface area contributed by atoms with E-state index in [9.17, 15) is 9.59 Å². The minimum Gasteiger partial charge on any atom is -0.478 e. The van der Waals surface area contributed by atoms with Gasteiger partial charge in [0.1, 0.15) is 11.2 Å². The molecule has 2 aromatic rings. The van der Waals surface area contributed by atoms with Crippen LogP contribution in [0, 0.1) is 5.41 Å². The summed E-state index contributed by atoms with van der Waals surface area (Å²) in [5.74, 6) is -0.397. The average Bonchev–Trinajstić information content (AvgIpc) is 2.70. The molecule has 0 spiro atoms. The minimum atomic E-state index is -0.972. The maximum Gasteiger partial charge on any atom is 0.335 e. The van der Waals surface area contributed by atoms with Crippen LogP contribution in [0.5, 0.6) is 5.75 Å². The SMILES string of the molecule is CCC1(CC)C(=O)N[C@H]1Oc1ccc(C(=O)O)cc1.C[C@H](N)c1ccccc1. The second kappa shape index (κ2) is 9.37. The molecule has 0 unspecified atom stereocenters. The highest BCUT2D eigenvalue weighted by atomic mass is 16.5. The topological polar surface area (TPSA) is 102 Å². The zero-order valence-electron chi connectivity index (χ0n) is 16.5. The van der Waals surface area contributed by atoms with E-state index in [4.69, 9.17) is 15.6 Å². The van der Waals surface area contributed by atoms with Gasteiger partial charge < -0.3 is 20.9 Å². The molecule has 28 heavy (non-hydrogen) atoms. The Morgan fingerprint density at radius 2 is 1.71 bits per heavy atom. The van der Waals surface area contributed by atoms with Crippen LogP contribution < -0.4 is 15.8 Å². The van der Waals surface area contributed by atoms with Gasteiger partial charge >= 0.3 is 5.97 Å². The average molecular weight is 384 g/mol. The number of carboxylic acid groups (broad SMARTS) is 1. The summed E-state index contributed by atoms with van der Waals surface area (Å²) in [6.07, 6.45) is 1.09. The van der Waals surface area contributed by atoms with Gasteiger partial charge in [-0.25, -0.2) is 4.79 Å². The fourth-order valence-electron chi connectivity index (χ4n) is 3.10. The monoisotopic (exact) mass is 384 g/mol. The summed E-state index contributed by atoms with van der Waals surface area (Å²) >= 11 is 0. The first kappa shape index (κ1) is 21.4. The third kappa shape index (κ3) is 4.70. The van der Waals surface area contributed by atoms with E-state index in [0.717, 1.165) is 0 Å². The van der Waals surface area contributed by atoms with Crippen LogP contribution >= 0.6 is 0 Å². The number of carbonyl (C=O) groups excluding carboxylic acids is 1. The van der Waals surface area contributed by atoms with Crippen molar-refractivity contribution in [3.63, 3.8) is 0 Å². The van der Waals surface area contributed by atoms with Crippen LogP contribution in [-0.2, 0) is 4.79 Å². The zero-order chi connectivity index (χ0) is 20.7. The number of ether oxygens (including phenoxy) is 1. The molecule has 2 atom stereocenters. The van der Waals surface area contributed by atoms with Crippen LogP contribution in [0.25, 0.3) is 0 Å². The first-order chi connectivity index (χ1) is 13.3. The Balaban J connectivity index is 0.000000261.